The molecule has 1 unspecified atom stereocenters. The fourth-order valence-corrected chi connectivity index (χ4v) is 2.81. The Bertz CT molecular complexity index is 384. The monoisotopic (exact) mass is 236 g/mol. The first-order chi connectivity index (χ1) is 8.33. The zero-order chi connectivity index (χ0) is 11.7. The molecule has 0 spiro atoms. The molecule has 1 saturated heterocycles. The van der Waals surface area contributed by atoms with Gasteiger partial charge in [0.1, 0.15) is 6.10 Å². The standard InChI is InChI=1S/C12H20N4O/c17-10-2-1-7-16-12(10)14-11(15-16)8-9-3-5-13-6-4-9/h9-10,13,17H,1-8H2. The smallest absolute Gasteiger partial charge is 0.156 e. The number of nitrogens with zero attached hydrogens (tertiary/aromatic N) is 3. The molecular formula is C12H20N4O. The van der Waals surface area contributed by atoms with Crippen molar-refractivity contribution < 1.29 is 5.11 Å². The number of aliphatic hydroxyl groups is 1. The van der Waals surface area contributed by atoms with Crippen LogP contribution in [0.3, 0.4) is 0 Å². The second-order valence-electron chi connectivity index (χ2n) is 5.16. The van der Waals surface area contributed by atoms with Gasteiger partial charge in [-0.25, -0.2) is 9.67 Å². The average molecular weight is 236 g/mol. The molecule has 0 bridgehead atoms. The minimum atomic E-state index is -0.405. The Kier molecular flexibility index (Phi) is 3.11. The van der Waals surface area contributed by atoms with E-state index in [0.717, 1.165) is 50.5 Å². The van der Waals surface area contributed by atoms with Gasteiger partial charge in [0.15, 0.2) is 11.6 Å². The number of piperidine rings is 1. The summed E-state index contributed by atoms with van der Waals surface area (Å²) in [5.41, 5.74) is 0. The molecule has 5 heteroatoms. The van der Waals surface area contributed by atoms with Crippen LogP contribution in [0.15, 0.2) is 0 Å². The molecule has 3 heterocycles. The van der Waals surface area contributed by atoms with Crippen molar-refractivity contribution in [3.8, 4) is 0 Å². The van der Waals surface area contributed by atoms with Crippen molar-refractivity contribution >= 4 is 0 Å². The highest BCUT2D eigenvalue weighted by Gasteiger charge is 2.23. The Hall–Kier alpha value is -0.940. The number of aliphatic hydroxyl groups excluding tert-OH is 1. The van der Waals surface area contributed by atoms with Gasteiger partial charge in [0.05, 0.1) is 0 Å². The minimum Gasteiger partial charge on any atom is -0.385 e. The van der Waals surface area contributed by atoms with Crippen LogP contribution in [-0.2, 0) is 13.0 Å². The Morgan fingerprint density at radius 2 is 2.12 bits per heavy atom. The van der Waals surface area contributed by atoms with Crippen molar-refractivity contribution in [2.45, 2.75) is 44.8 Å². The van der Waals surface area contributed by atoms with E-state index in [1.54, 1.807) is 0 Å². The molecule has 94 valence electrons. The lowest BCUT2D eigenvalue weighted by molar-refractivity contribution is 0.130. The van der Waals surface area contributed by atoms with Crippen LogP contribution in [0.5, 0.6) is 0 Å². The van der Waals surface area contributed by atoms with Gasteiger partial charge < -0.3 is 10.4 Å². The first-order valence-corrected chi connectivity index (χ1v) is 6.65. The van der Waals surface area contributed by atoms with Crippen molar-refractivity contribution in [2.75, 3.05) is 13.1 Å². The molecule has 3 rings (SSSR count). The Morgan fingerprint density at radius 3 is 2.88 bits per heavy atom. The van der Waals surface area contributed by atoms with Crippen molar-refractivity contribution in [1.29, 1.82) is 0 Å². The van der Waals surface area contributed by atoms with Crippen LogP contribution in [0, 0.1) is 5.92 Å². The van der Waals surface area contributed by atoms with Crippen LogP contribution < -0.4 is 5.32 Å². The van der Waals surface area contributed by atoms with Gasteiger partial charge in [-0.05, 0) is 44.7 Å². The molecule has 0 aliphatic carbocycles. The first-order valence-electron chi connectivity index (χ1n) is 6.65. The summed E-state index contributed by atoms with van der Waals surface area (Å²) in [5.74, 6) is 2.41. The molecule has 2 aliphatic heterocycles. The third-order valence-electron chi connectivity index (χ3n) is 3.82. The largest absolute Gasteiger partial charge is 0.385 e. The van der Waals surface area contributed by atoms with E-state index >= 15 is 0 Å². The molecule has 2 N–H and O–H groups in total. The lowest BCUT2D eigenvalue weighted by Gasteiger charge is -2.21. The fraction of sp³-hybridized carbons (Fsp3) is 0.833. The van der Waals surface area contributed by atoms with Crippen LogP contribution in [0.4, 0.5) is 0 Å². The zero-order valence-electron chi connectivity index (χ0n) is 10.1. The van der Waals surface area contributed by atoms with Gasteiger partial charge in [0.25, 0.3) is 0 Å². The Balaban J connectivity index is 1.71. The molecule has 17 heavy (non-hydrogen) atoms. The molecular weight excluding hydrogens is 216 g/mol. The summed E-state index contributed by atoms with van der Waals surface area (Å²) < 4.78 is 1.89. The van der Waals surface area contributed by atoms with Gasteiger partial charge >= 0.3 is 0 Å². The van der Waals surface area contributed by atoms with Gasteiger partial charge in [-0.3, -0.25) is 0 Å². The van der Waals surface area contributed by atoms with Gasteiger partial charge in [-0.15, -0.1) is 0 Å². The Labute approximate surface area is 101 Å². The van der Waals surface area contributed by atoms with E-state index in [4.69, 9.17) is 0 Å². The maximum atomic E-state index is 9.85. The van der Waals surface area contributed by atoms with Crippen molar-refractivity contribution in [3.05, 3.63) is 11.6 Å². The maximum absolute atomic E-state index is 9.85. The molecule has 1 fully saturated rings. The van der Waals surface area contributed by atoms with E-state index in [2.05, 4.69) is 15.4 Å². The molecule has 0 saturated carbocycles. The van der Waals surface area contributed by atoms with Crippen molar-refractivity contribution in [2.24, 2.45) is 5.92 Å². The Morgan fingerprint density at radius 1 is 1.29 bits per heavy atom. The van der Waals surface area contributed by atoms with Crippen LogP contribution in [0.2, 0.25) is 0 Å². The van der Waals surface area contributed by atoms with Crippen molar-refractivity contribution in [3.63, 3.8) is 0 Å². The molecule has 2 aliphatic rings. The molecule has 0 amide bonds. The van der Waals surface area contributed by atoms with E-state index < -0.39 is 6.10 Å². The minimum absolute atomic E-state index is 0.405. The third-order valence-corrected chi connectivity index (χ3v) is 3.82. The zero-order valence-corrected chi connectivity index (χ0v) is 10.1. The quantitative estimate of drug-likeness (QED) is 0.791. The topological polar surface area (TPSA) is 63.0 Å². The van der Waals surface area contributed by atoms with Crippen LogP contribution in [0.25, 0.3) is 0 Å². The van der Waals surface area contributed by atoms with E-state index in [0.29, 0.717) is 5.92 Å². The van der Waals surface area contributed by atoms with Crippen molar-refractivity contribution in [1.82, 2.24) is 20.1 Å². The highest BCUT2D eigenvalue weighted by molar-refractivity contribution is 5.00. The fourth-order valence-electron chi connectivity index (χ4n) is 2.81. The number of aromatic nitrogens is 3. The second-order valence-corrected chi connectivity index (χ2v) is 5.16. The second kappa shape index (κ2) is 4.74. The maximum Gasteiger partial charge on any atom is 0.156 e. The van der Waals surface area contributed by atoms with E-state index in [-0.39, 0.29) is 0 Å². The van der Waals surface area contributed by atoms with Gasteiger partial charge in [-0.2, -0.15) is 5.10 Å². The van der Waals surface area contributed by atoms with Gasteiger partial charge in [-0.1, -0.05) is 0 Å². The lowest BCUT2D eigenvalue weighted by atomic mass is 9.94. The molecule has 1 atom stereocenters. The van der Waals surface area contributed by atoms with E-state index in [1.807, 2.05) is 4.68 Å². The normalized spacial score (nSPS) is 25.8. The summed E-state index contributed by atoms with van der Waals surface area (Å²) in [5, 5.41) is 17.7. The van der Waals surface area contributed by atoms with Crippen LogP contribution in [-0.4, -0.2) is 33.0 Å². The number of hydrogen-bond donors (Lipinski definition) is 2. The average Bonchev–Trinajstić information content (AvgIpc) is 2.74. The van der Waals surface area contributed by atoms with Gasteiger partial charge in [0.2, 0.25) is 0 Å². The summed E-state index contributed by atoms with van der Waals surface area (Å²) in [6.45, 7) is 3.13. The summed E-state index contributed by atoms with van der Waals surface area (Å²) in [7, 11) is 0. The highest BCUT2D eigenvalue weighted by Crippen LogP contribution is 2.24. The van der Waals surface area contributed by atoms with Crippen LogP contribution >= 0.6 is 0 Å². The lowest BCUT2D eigenvalue weighted by Crippen LogP contribution is -2.28. The first kappa shape index (κ1) is 11.2. The third kappa shape index (κ3) is 2.35. The number of hydrogen-bond acceptors (Lipinski definition) is 4. The summed E-state index contributed by atoms with van der Waals surface area (Å²) in [6.07, 6.45) is 4.82. The SMILES string of the molecule is OC1CCCn2nc(CC3CCNCC3)nc21. The summed E-state index contributed by atoms with van der Waals surface area (Å²) >= 11 is 0. The van der Waals surface area contributed by atoms with Crippen LogP contribution in [0.1, 0.15) is 43.4 Å². The van der Waals surface area contributed by atoms with E-state index in [1.165, 1.54) is 12.8 Å². The number of rotatable bonds is 2. The number of aryl methyl sites for hydroxylation is 1. The molecule has 5 nitrogen and oxygen atoms in total. The predicted octanol–water partition coefficient (Wildman–Crippen LogP) is 0.647. The molecule has 0 radical (unpaired) electrons. The van der Waals surface area contributed by atoms with E-state index in [9.17, 15) is 5.11 Å². The summed E-state index contributed by atoms with van der Waals surface area (Å²) in [6, 6.07) is 0. The molecule has 1 aromatic heterocycles. The number of fused-ring (bicyclic) bond motifs is 1. The molecule has 0 aromatic carbocycles. The number of nitrogens with one attached hydrogen (secondary N) is 1. The predicted molar refractivity (Wildman–Crippen MR) is 63.5 cm³/mol. The summed E-state index contributed by atoms with van der Waals surface area (Å²) in [4.78, 5) is 4.51. The highest BCUT2D eigenvalue weighted by atomic mass is 16.3. The van der Waals surface area contributed by atoms with Gasteiger partial charge in [0, 0.05) is 13.0 Å². The molecule has 1 aromatic rings.